The topological polar surface area (TPSA) is 63.2 Å². The van der Waals surface area contributed by atoms with Crippen molar-refractivity contribution in [1.29, 1.82) is 0 Å². The minimum Gasteiger partial charge on any atom is -0.406 e. The van der Waals surface area contributed by atoms with Crippen molar-refractivity contribution in [2.24, 2.45) is 0 Å². The normalized spacial score (nSPS) is 11.3. The lowest BCUT2D eigenvalue weighted by Gasteiger charge is -2.12. The number of hydrogen-bond donors (Lipinski definition) is 2. The summed E-state index contributed by atoms with van der Waals surface area (Å²) >= 11 is 0. The van der Waals surface area contributed by atoms with Crippen molar-refractivity contribution in [3.8, 4) is 5.75 Å². The largest absolute Gasteiger partial charge is 0.573 e. The molecular formula is C19H15F4N3O2. The Morgan fingerprint density at radius 1 is 1.14 bits per heavy atom. The Morgan fingerprint density at radius 3 is 2.54 bits per heavy atom. The van der Waals surface area contributed by atoms with Gasteiger partial charge < -0.3 is 15.4 Å². The molecule has 146 valence electrons. The quantitative estimate of drug-likeness (QED) is 0.620. The summed E-state index contributed by atoms with van der Waals surface area (Å²) in [5.74, 6) is -0.954. The molecule has 3 aromatic rings. The summed E-state index contributed by atoms with van der Waals surface area (Å²) in [6, 6.07) is 8.85. The number of amides is 2. The maximum absolute atomic E-state index is 14.2. The van der Waals surface area contributed by atoms with Gasteiger partial charge in [-0.15, -0.1) is 13.2 Å². The lowest BCUT2D eigenvalue weighted by atomic mass is 10.1. The molecule has 0 radical (unpaired) electrons. The molecule has 1 aromatic heterocycles. The van der Waals surface area contributed by atoms with Crippen LogP contribution < -0.4 is 15.4 Å². The Hall–Kier alpha value is -3.36. The molecule has 28 heavy (non-hydrogen) atoms. The van der Waals surface area contributed by atoms with E-state index >= 15 is 0 Å². The number of urea groups is 1. The van der Waals surface area contributed by atoms with Gasteiger partial charge in [0.1, 0.15) is 11.6 Å². The second kappa shape index (κ2) is 7.71. The molecule has 2 aromatic carbocycles. The molecule has 2 N–H and O–H groups in total. The van der Waals surface area contributed by atoms with Gasteiger partial charge in [-0.1, -0.05) is 12.1 Å². The van der Waals surface area contributed by atoms with E-state index in [-0.39, 0.29) is 18.0 Å². The molecule has 0 aliphatic heterocycles. The van der Waals surface area contributed by atoms with E-state index in [1.807, 2.05) is 0 Å². The molecule has 2 amide bonds. The molecule has 5 nitrogen and oxygen atoms in total. The second-order valence-electron chi connectivity index (χ2n) is 5.97. The van der Waals surface area contributed by atoms with Crippen LogP contribution in [0.15, 0.2) is 48.7 Å². The number of pyridine rings is 1. The number of nitrogens with one attached hydrogen (secondary N) is 2. The van der Waals surface area contributed by atoms with Crippen molar-refractivity contribution < 1.29 is 27.1 Å². The zero-order valence-corrected chi connectivity index (χ0v) is 14.6. The highest BCUT2D eigenvalue weighted by molar-refractivity contribution is 6.01. The molecule has 0 spiro atoms. The van der Waals surface area contributed by atoms with Gasteiger partial charge in [-0.2, -0.15) is 0 Å². The van der Waals surface area contributed by atoms with Crippen molar-refractivity contribution in [3.63, 3.8) is 0 Å². The van der Waals surface area contributed by atoms with Gasteiger partial charge >= 0.3 is 12.4 Å². The molecule has 3 rings (SSSR count). The summed E-state index contributed by atoms with van der Waals surface area (Å²) < 4.78 is 54.4. The molecule has 0 aliphatic carbocycles. The summed E-state index contributed by atoms with van der Waals surface area (Å²) in [6.45, 7) is 1.78. The Morgan fingerprint density at radius 2 is 1.86 bits per heavy atom. The Kier molecular flexibility index (Phi) is 5.34. The molecule has 0 atom stereocenters. The maximum Gasteiger partial charge on any atom is 0.573 e. The van der Waals surface area contributed by atoms with E-state index in [9.17, 15) is 22.4 Å². The first-order valence-electron chi connectivity index (χ1n) is 8.16. The number of aryl methyl sites for hydroxylation is 1. The fourth-order valence-corrected chi connectivity index (χ4v) is 2.57. The third kappa shape index (κ3) is 4.87. The SMILES string of the molecule is Cc1cc2c(NC(=O)NCc3ccc(OC(F)(F)F)cc3)c(F)ccc2cn1. The predicted molar refractivity (Wildman–Crippen MR) is 95.4 cm³/mol. The zero-order chi connectivity index (χ0) is 20.3. The highest BCUT2D eigenvalue weighted by Gasteiger charge is 2.30. The van der Waals surface area contributed by atoms with Gasteiger partial charge in [-0.05, 0) is 42.8 Å². The summed E-state index contributed by atoms with van der Waals surface area (Å²) in [5.41, 5.74) is 1.24. The van der Waals surface area contributed by atoms with Gasteiger partial charge in [0.05, 0.1) is 5.69 Å². The minimum atomic E-state index is -4.77. The fourth-order valence-electron chi connectivity index (χ4n) is 2.57. The summed E-state index contributed by atoms with van der Waals surface area (Å²) in [7, 11) is 0. The Labute approximate surface area is 157 Å². The first-order valence-corrected chi connectivity index (χ1v) is 8.16. The van der Waals surface area contributed by atoms with Crippen LogP contribution in [0.25, 0.3) is 10.8 Å². The maximum atomic E-state index is 14.2. The van der Waals surface area contributed by atoms with Gasteiger partial charge in [-0.25, -0.2) is 9.18 Å². The number of ether oxygens (including phenoxy) is 1. The van der Waals surface area contributed by atoms with Gasteiger partial charge in [0, 0.05) is 29.2 Å². The number of benzene rings is 2. The molecule has 9 heteroatoms. The van der Waals surface area contributed by atoms with Crippen molar-refractivity contribution >= 4 is 22.5 Å². The number of carbonyl (C=O) groups excluding carboxylic acids is 1. The van der Waals surface area contributed by atoms with E-state index in [0.29, 0.717) is 22.0 Å². The average molecular weight is 393 g/mol. The van der Waals surface area contributed by atoms with Crippen molar-refractivity contribution in [2.75, 3.05) is 5.32 Å². The number of hydrogen-bond acceptors (Lipinski definition) is 3. The standard InChI is InChI=1S/C19H15F4N3O2/c1-11-8-15-13(10-24-11)4-7-16(20)17(15)26-18(27)25-9-12-2-5-14(6-3-12)28-19(21,22)23/h2-8,10H,9H2,1H3,(H2,25,26,27). The van der Waals surface area contributed by atoms with Crippen LogP contribution in [0.2, 0.25) is 0 Å². The summed E-state index contributed by atoms with van der Waals surface area (Å²) in [5, 5.41) is 6.17. The second-order valence-corrected chi connectivity index (χ2v) is 5.97. The van der Waals surface area contributed by atoms with Crippen LogP contribution in [0.5, 0.6) is 5.75 Å². The van der Waals surface area contributed by atoms with Gasteiger partial charge in [-0.3, -0.25) is 4.98 Å². The van der Waals surface area contributed by atoms with E-state index in [4.69, 9.17) is 0 Å². The molecule has 0 fully saturated rings. The Bertz CT molecular complexity index is 999. The van der Waals surface area contributed by atoms with Crippen molar-refractivity contribution in [3.05, 3.63) is 65.7 Å². The first kappa shape index (κ1) is 19.4. The van der Waals surface area contributed by atoms with Crippen LogP contribution in [0, 0.1) is 12.7 Å². The van der Waals surface area contributed by atoms with Crippen LogP contribution in [-0.4, -0.2) is 17.4 Å². The number of nitrogens with zero attached hydrogens (tertiary/aromatic N) is 1. The molecule has 0 saturated heterocycles. The van der Waals surface area contributed by atoms with E-state index in [0.717, 1.165) is 12.1 Å². The number of rotatable bonds is 4. The zero-order valence-electron chi connectivity index (χ0n) is 14.6. The number of fused-ring (bicyclic) bond motifs is 1. The average Bonchev–Trinajstić information content (AvgIpc) is 2.62. The van der Waals surface area contributed by atoms with Gasteiger partial charge in [0.2, 0.25) is 0 Å². The molecule has 0 bridgehead atoms. The number of aromatic nitrogens is 1. The van der Waals surface area contributed by atoms with Gasteiger partial charge in [0.25, 0.3) is 0 Å². The third-order valence-electron chi connectivity index (χ3n) is 3.84. The van der Waals surface area contributed by atoms with Crippen LogP contribution in [-0.2, 0) is 6.54 Å². The molecule has 0 saturated carbocycles. The lowest BCUT2D eigenvalue weighted by Crippen LogP contribution is -2.28. The number of halogens is 4. The number of alkyl halides is 3. The molecule has 0 aliphatic rings. The van der Waals surface area contributed by atoms with Crippen LogP contribution in [0.1, 0.15) is 11.3 Å². The van der Waals surface area contributed by atoms with Crippen LogP contribution >= 0.6 is 0 Å². The Balaban J connectivity index is 1.66. The summed E-state index contributed by atoms with van der Waals surface area (Å²) in [4.78, 5) is 16.3. The molecule has 0 unspecified atom stereocenters. The van der Waals surface area contributed by atoms with Crippen molar-refractivity contribution in [2.45, 2.75) is 19.8 Å². The van der Waals surface area contributed by atoms with E-state index in [2.05, 4.69) is 20.4 Å². The van der Waals surface area contributed by atoms with E-state index in [1.54, 1.807) is 25.3 Å². The molecular weight excluding hydrogens is 378 g/mol. The molecule has 1 heterocycles. The number of anilines is 1. The first-order chi connectivity index (χ1) is 13.2. The fraction of sp³-hybridized carbons (Fsp3) is 0.158. The third-order valence-corrected chi connectivity index (χ3v) is 3.84. The van der Waals surface area contributed by atoms with Crippen LogP contribution in [0.3, 0.4) is 0 Å². The highest BCUT2D eigenvalue weighted by atomic mass is 19.4. The van der Waals surface area contributed by atoms with Gasteiger partial charge in [0.15, 0.2) is 0 Å². The highest BCUT2D eigenvalue weighted by Crippen LogP contribution is 2.27. The monoisotopic (exact) mass is 393 g/mol. The summed E-state index contributed by atoms with van der Waals surface area (Å²) in [6.07, 6.45) is -3.19. The van der Waals surface area contributed by atoms with Crippen LogP contribution in [0.4, 0.5) is 28.0 Å². The smallest absolute Gasteiger partial charge is 0.406 e. The predicted octanol–water partition coefficient (Wildman–Crippen LogP) is 4.90. The minimum absolute atomic E-state index is 0.0226. The van der Waals surface area contributed by atoms with Crippen molar-refractivity contribution in [1.82, 2.24) is 10.3 Å². The van der Waals surface area contributed by atoms with E-state index < -0.39 is 18.2 Å². The number of carbonyl (C=O) groups is 1. The van der Waals surface area contributed by atoms with E-state index in [1.165, 1.54) is 18.2 Å². The lowest BCUT2D eigenvalue weighted by molar-refractivity contribution is -0.274.